The minimum absolute atomic E-state index is 0.0342. The van der Waals surface area contributed by atoms with Gasteiger partial charge in [-0.1, -0.05) is 11.6 Å². The van der Waals surface area contributed by atoms with Gasteiger partial charge in [0.1, 0.15) is 17.5 Å². The molecule has 2 aromatic rings. The van der Waals surface area contributed by atoms with E-state index in [1.54, 1.807) is 6.92 Å². The Morgan fingerprint density at radius 2 is 2.08 bits per heavy atom. The smallest absolute Gasteiger partial charge is 0.341 e. The predicted octanol–water partition coefficient (Wildman–Crippen LogP) is 1.70. The van der Waals surface area contributed by atoms with Crippen LogP contribution in [0.4, 0.5) is 11.8 Å². The largest absolute Gasteiger partial charge is 0.490 e. The Balaban J connectivity index is 2.61. The van der Waals surface area contributed by atoms with Crippen molar-refractivity contribution in [2.45, 2.75) is 6.92 Å². The molecular formula is C15H14ClN5O4. The molecule has 10 heteroatoms. The molecule has 0 radical (unpaired) electrons. The Labute approximate surface area is 147 Å². The average molecular weight is 364 g/mol. The predicted molar refractivity (Wildman–Crippen MR) is 90.3 cm³/mol. The molecule has 0 saturated heterocycles. The lowest BCUT2D eigenvalue weighted by Gasteiger charge is -2.15. The second-order valence-electron chi connectivity index (χ2n) is 4.70. The molecular weight excluding hydrogens is 350 g/mol. The highest BCUT2D eigenvalue weighted by atomic mass is 35.5. The van der Waals surface area contributed by atoms with Gasteiger partial charge >= 0.3 is 5.97 Å². The van der Waals surface area contributed by atoms with E-state index in [2.05, 4.69) is 9.97 Å². The molecule has 0 bridgehead atoms. The maximum Gasteiger partial charge on any atom is 0.341 e. The number of nitrogen functional groups attached to an aromatic ring is 2. The molecule has 0 aliphatic heterocycles. The monoisotopic (exact) mass is 363 g/mol. The summed E-state index contributed by atoms with van der Waals surface area (Å²) in [5.41, 5.74) is 11.9. The van der Waals surface area contributed by atoms with Crippen molar-refractivity contribution < 1.29 is 19.4 Å². The van der Waals surface area contributed by atoms with E-state index in [1.165, 1.54) is 12.1 Å². The summed E-state index contributed by atoms with van der Waals surface area (Å²) in [6.45, 7) is 1.43. The van der Waals surface area contributed by atoms with Crippen LogP contribution in [0.25, 0.3) is 11.3 Å². The van der Waals surface area contributed by atoms with Crippen LogP contribution in [-0.2, 0) is 4.79 Å². The number of aromatic nitrogens is 2. The number of carboxylic acid groups (broad SMARTS) is 1. The van der Waals surface area contributed by atoms with Crippen LogP contribution in [0, 0.1) is 11.3 Å². The third-order valence-corrected chi connectivity index (χ3v) is 3.27. The van der Waals surface area contributed by atoms with Gasteiger partial charge in [0, 0.05) is 5.56 Å². The molecule has 130 valence electrons. The van der Waals surface area contributed by atoms with Crippen LogP contribution in [0.1, 0.15) is 12.5 Å². The van der Waals surface area contributed by atoms with E-state index in [4.69, 9.17) is 37.6 Å². The molecule has 0 fully saturated rings. The number of nitriles is 1. The molecule has 1 heterocycles. The molecule has 0 unspecified atom stereocenters. The number of benzene rings is 1. The van der Waals surface area contributed by atoms with Gasteiger partial charge in [-0.05, 0) is 19.1 Å². The number of carbonyl (C=O) groups is 1. The number of carboxylic acids is 1. The summed E-state index contributed by atoms with van der Waals surface area (Å²) in [5.74, 6) is -1.06. The molecule has 0 amide bonds. The van der Waals surface area contributed by atoms with Crippen molar-refractivity contribution in [1.82, 2.24) is 9.97 Å². The standard InChI is InChI=1S/C15H14ClN5O4/c1-2-24-10-4-7(3-9(16)13(10)25-6-11(22)23)12-8(5-17)14(18)21-15(19)20-12/h3-4H,2,6H2,1H3,(H,22,23)(H4,18,19,20,21). The van der Waals surface area contributed by atoms with Crippen LogP contribution in [0.5, 0.6) is 11.5 Å². The Hall–Kier alpha value is -3.25. The summed E-state index contributed by atoms with van der Waals surface area (Å²) in [5, 5.41) is 18.1. The van der Waals surface area contributed by atoms with E-state index >= 15 is 0 Å². The van der Waals surface area contributed by atoms with Gasteiger partial charge in [-0.3, -0.25) is 0 Å². The van der Waals surface area contributed by atoms with Gasteiger partial charge in [0.25, 0.3) is 0 Å². The maximum absolute atomic E-state index is 10.7. The van der Waals surface area contributed by atoms with Crippen molar-refractivity contribution in [3.63, 3.8) is 0 Å². The fourth-order valence-corrected chi connectivity index (χ4v) is 2.32. The van der Waals surface area contributed by atoms with Crippen molar-refractivity contribution in [3.8, 4) is 28.8 Å². The van der Waals surface area contributed by atoms with Gasteiger partial charge in [-0.2, -0.15) is 10.2 Å². The van der Waals surface area contributed by atoms with Gasteiger partial charge in [0.05, 0.1) is 17.3 Å². The van der Waals surface area contributed by atoms with E-state index in [0.717, 1.165) is 0 Å². The molecule has 0 aliphatic carbocycles. The van der Waals surface area contributed by atoms with E-state index in [9.17, 15) is 10.1 Å². The molecule has 25 heavy (non-hydrogen) atoms. The molecule has 0 atom stereocenters. The normalized spacial score (nSPS) is 10.1. The first-order valence-electron chi connectivity index (χ1n) is 7.01. The van der Waals surface area contributed by atoms with Crippen molar-refractivity contribution in [2.75, 3.05) is 24.7 Å². The van der Waals surface area contributed by atoms with Crippen molar-refractivity contribution in [3.05, 3.63) is 22.7 Å². The fourth-order valence-electron chi connectivity index (χ4n) is 2.06. The lowest BCUT2D eigenvalue weighted by Crippen LogP contribution is -2.11. The van der Waals surface area contributed by atoms with Crippen LogP contribution in [-0.4, -0.2) is 34.3 Å². The zero-order valence-electron chi connectivity index (χ0n) is 13.1. The minimum atomic E-state index is -1.16. The first-order valence-corrected chi connectivity index (χ1v) is 7.39. The molecule has 1 aromatic heterocycles. The molecule has 1 aromatic carbocycles. The van der Waals surface area contributed by atoms with Crippen LogP contribution >= 0.6 is 11.6 Å². The van der Waals surface area contributed by atoms with Crippen molar-refractivity contribution in [1.29, 1.82) is 5.26 Å². The van der Waals surface area contributed by atoms with Crippen LogP contribution < -0.4 is 20.9 Å². The number of nitrogens with zero attached hydrogens (tertiary/aromatic N) is 3. The Morgan fingerprint density at radius 1 is 1.36 bits per heavy atom. The number of anilines is 2. The zero-order chi connectivity index (χ0) is 18.6. The van der Waals surface area contributed by atoms with E-state index in [-0.39, 0.29) is 46.2 Å². The molecule has 0 aliphatic rings. The van der Waals surface area contributed by atoms with Gasteiger partial charge in [0.15, 0.2) is 18.1 Å². The van der Waals surface area contributed by atoms with Crippen molar-refractivity contribution >= 4 is 29.3 Å². The maximum atomic E-state index is 10.7. The van der Waals surface area contributed by atoms with Crippen LogP contribution in [0.15, 0.2) is 12.1 Å². The van der Waals surface area contributed by atoms with Gasteiger partial charge in [-0.15, -0.1) is 0 Å². The number of hydrogen-bond acceptors (Lipinski definition) is 8. The molecule has 2 rings (SSSR count). The average Bonchev–Trinajstić information content (AvgIpc) is 2.53. The molecule has 5 N–H and O–H groups in total. The Kier molecular flexibility index (Phi) is 5.46. The molecule has 9 nitrogen and oxygen atoms in total. The summed E-state index contributed by atoms with van der Waals surface area (Å²) >= 11 is 6.19. The fraction of sp³-hybridized carbons (Fsp3) is 0.200. The summed E-state index contributed by atoms with van der Waals surface area (Å²) in [4.78, 5) is 18.5. The lowest BCUT2D eigenvalue weighted by molar-refractivity contribution is -0.139. The lowest BCUT2D eigenvalue weighted by atomic mass is 10.1. The first-order chi connectivity index (χ1) is 11.9. The second kappa shape index (κ2) is 7.55. The van der Waals surface area contributed by atoms with Gasteiger partial charge < -0.3 is 26.0 Å². The first kappa shape index (κ1) is 18.1. The summed E-state index contributed by atoms with van der Waals surface area (Å²) in [7, 11) is 0. The topological polar surface area (TPSA) is 157 Å². The van der Waals surface area contributed by atoms with Gasteiger partial charge in [0.2, 0.25) is 5.95 Å². The summed E-state index contributed by atoms with van der Waals surface area (Å²) < 4.78 is 10.6. The van der Waals surface area contributed by atoms with Crippen LogP contribution in [0.2, 0.25) is 5.02 Å². The number of ether oxygens (including phenoxy) is 2. The Morgan fingerprint density at radius 3 is 2.68 bits per heavy atom. The number of halogens is 1. The summed E-state index contributed by atoms with van der Waals surface area (Å²) in [6, 6.07) is 4.87. The number of aliphatic carboxylic acids is 1. The third kappa shape index (κ3) is 3.99. The number of rotatable bonds is 6. The highest BCUT2D eigenvalue weighted by Gasteiger charge is 2.19. The van der Waals surface area contributed by atoms with Crippen molar-refractivity contribution in [2.24, 2.45) is 0 Å². The van der Waals surface area contributed by atoms with E-state index in [1.807, 2.05) is 6.07 Å². The highest BCUT2D eigenvalue weighted by Crippen LogP contribution is 2.40. The Bertz CT molecular complexity index is 866. The summed E-state index contributed by atoms with van der Waals surface area (Å²) in [6.07, 6.45) is 0. The SMILES string of the molecule is CCOc1cc(-c2nc(N)nc(N)c2C#N)cc(Cl)c1OCC(=O)O. The van der Waals surface area contributed by atoms with E-state index < -0.39 is 12.6 Å². The zero-order valence-corrected chi connectivity index (χ0v) is 13.9. The molecule has 0 spiro atoms. The quantitative estimate of drug-likeness (QED) is 0.694. The van der Waals surface area contributed by atoms with Crippen LogP contribution in [0.3, 0.4) is 0 Å². The highest BCUT2D eigenvalue weighted by molar-refractivity contribution is 6.32. The van der Waals surface area contributed by atoms with Gasteiger partial charge in [-0.25, -0.2) is 9.78 Å². The second-order valence-corrected chi connectivity index (χ2v) is 5.11. The number of nitrogens with two attached hydrogens (primary N) is 2. The molecule has 0 saturated carbocycles. The van der Waals surface area contributed by atoms with E-state index in [0.29, 0.717) is 5.56 Å². The third-order valence-electron chi connectivity index (χ3n) is 2.99. The number of hydrogen-bond donors (Lipinski definition) is 3. The minimum Gasteiger partial charge on any atom is -0.490 e.